The Kier molecular flexibility index (Phi) is 11.1. The third kappa shape index (κ3) is 7.79. The molecule has 172 valence electrons. The molecule has 1 fully saturated rings. The lowest BCUT2D eigenvalue weighted by molar-refractivity contribution is -0.124. The number of hydrogen-bond donors (Lipinski definition) is 2. The Bertz CT molecular complexity index is 534. The van der Waals surface area contributed by atoms with Crippen LogP contribution in [0.2, 0.25) is 0 Å². The van der Waals surface area contributed by atoms with Crippen molar-refractivity contribution < 1.29 is 38.1 Å². The van der Waals surface area contributed by atoms with Crippen LogP contribution in [0.25, 0.3) is 0 Å². The van der Waals surface area contributed by atoms with E-state index in [1.807, 2.05) is 0 Å². The molecule has 14 heteroatoms. The Labute approximate surface area is 174 Å². The van der Waals surface area contributed by atoms with Crippen LogP contribution >= 0.6 is 0 Å². The molecule has 0 unspecified atom stereocenters. The maximum absolute atomic E-state index is 12.2. The SMILES string of the molecule is CCOC(=O)NN(C(=O)OCC)N1CCN(N(NC(=O)OCC)C(=O)OCC)CC1. The molecule has 0 spiro atoms. The molecule has 0 bridgehead atoms. The number of rotatable bonds is 6. The second-order valence-electron chi connectivity index (χ2n) is 5.59. The molecule has 1 rings (SSSR count). The van der Waals surface area contributed by atoms with Crippen molar-refractivity contribution in [3.8, 4) is 0 Å². The first kappa shape index (κ1) is 25.0. The van der Waals surface area contributed by atoms with Crippen LogP contribution in [0.4, 0.5) is 19.2 Å². The van der Waals surface area contributed by atoms with Crippen molar-refractivity contribution in [2.24, 2.45) is 0 Å². The summed E-state index contributed by atoms with van der Waals surface area (Å²) in [6, 6.07) is 0. The highest BCUT2D eigenvalue weighted by molar-refractivity contribution is 5.74. The summed E-state index contributed by atoms with van der Waals surface area (Å²) >= 11 is 0. The summed E-state index contributed by atoms with van der Waals surface area (Å²) in [7, 11) is 0. The predicted molar refractivity (Wildman–Crippen MR) is 101 cm³/mol. The Balaban J connectivity index is 2.82. The van der Waals surface area contributed by atoms with E-state index in [0.717, 1.165) is 10.2 Å². The number of amides is 4. The molecule has 0 radical (unpaired) electrons. The number of carbonyl (C=O) groups excluding carboxylic acids is 4. The van der Waals surface area contributed by atoms with Gasteiger partial charge in [0.25, 0.3) is 0 Å². The molecule has 1 aliphatic heterocycles. The van der Waals surface area contributed by atoms with E-state index in [0.29, 0.717) is 0 Å². The molecule has 4 amide bonds. The first-order valence-corrected chi connectivity index (χ1v) is 9.68. The lowest BCUT2D eigenvalue weighted by Gasteiger charge is -2.42. The zero-order valence-corrected chi connectivity index (χ0v) is 17.7. The van der Waals surface area contributed by atoms with Crippen LogP contribution < -0.4 is 10.9 Å². The quantitative estimate of drug-likeness (QED) is 0.452. The van der Waals surface area contributed by atoms with Gasteiger partial charge in [0, 0.05) is 26.2 Å². The molecule has 0 aromatic carbocycles. The largest absolute Gasteiger partial charge is 0.449 e. The zero-order chi connectivity index (χ0) is 22.5. The number of ether oxygens (including phenoxy) is 4. The van der Waals surface area contributed by atoms with E-state index in [1.165, 1.54) is 10.0 Å². The van der Waals surface area contributed by atoms with E-state index in [4.69, 9.17) is 18.9 Å². The molecular formula is C16H30N6O8. The van der Waals surface area contributed by atoms with Gasteiger partial charge < -0.3 is 18.9 Å². The van der Waals surface area contributed by atoms with Gasteiger partial charge in [-0.1, -0.05) is 0 Å². The van der Waals surface area contributed by atoms with Gasteiger partial charge in [-0.15, -0.1) is 10.2 Å². The van der Waals surface area contributed by atoms with E-state index in [-0.39, 0.29) is 52.6 Å². The zero-order valence-electron chi connectivity index (χ0n) is 17.7. The lowest BCUT2D eigenvalue weighted by Crippen LogP contribution is -2.66. The fraction of sp³-hybridized carbons (Fsp3) is 0.750. The summed E-state index contributed by atoms with van der Waals surface area (Å²) in [4.78, 5) is 48.0. The maximum Gasteiger partial charge on any atom is 0.444 e. The van der Waals surface area contributed by atoms with E-state index in [2.05, 4.69) is 10.9 Å². The summed E-state index contributed by atoms with van der Waals surface area (Å²) in [5.74, 6) is 0. The lowest BCUT2D eigenvalue weighted by atomic mass is 10.4. The number of hydrazine groups is 4. The van der Waals surface area contributed by atoms with Gasteiger partial charge in [-0.05, 0) is 27.7 Å². The van der Waals surface area contributed by atoms with Gasteiger partial charge in [-0.3, -0.25) is 0 Å². The van der Waals surface area contributed by atoms with Gasteiger partial charge in [0.1, 0.15) is 0 Å². The average Bonchev–Trinajstić information content (AvgIpc) is 2.71. The van der Waals surface area contributed by atoms with Crippen LogP contribution in [0.15, 0.2) is 0 Å². The molecule has 30 heavy (non-hydrogen) atoms. The second-order valence-corrected chi connectivity index (χ2v) is 5.59. The monoisotopic (exact) mass is 434 g/mol. The normalized spacial score (nSPS) is 14.3. The Morgan fingerprint density at radius 3 is 1.20 bits per heavy atom. The molecule has 0 aliphatic carbocycles. The highest BCUT2D eigenvalue weighted by Gasteiger charge is 2.33. The molecule has 1 aliphatic rings. The smallest absolute Gasteiger partial charge is 0.444 e. The van der Waals surface area contributed by atoms with E-state index in [1.54, 1.807) is 27.7 Å². The average molecular weight is 434 g/mol. The van der Waals surface area contributed by atoms with Crippen LogP contribution in [-0.2, 0) is 18.9 Å². The first-order chi connectivity index (χ1) is 14.4. The fourth-order valence-corrected chi connectivity index (χ4v) is 2.42. The van der Waals surface area contributed by atoms with Crippen molar-refractivity contribution in [3.05, 3.63) is 0 Å². The van der Waals surface area contributed by atoms with Crippen LogP contribution in [0.1, 0.15) is 27.7 Å². The Hall–Kier alpha value is -3.00. The van der Waals surface area contributed by atoms with Crippen molar-refractivity contribution >= 4 is 24.4 Å². The van der Waals surface area contributed by atoms with Crippen molar-refractivity contribution in [1.29, 1.82) is 0 Å². The second kappa shape index (κ2) is 13.3. The Morgan fingerprint density at radius 2 is 0.933 bits per heavy atom. The van der Waals surface area contributed by atoms with Crippen molar-refractivity contribution in [1.82, 2.24) is 31.1 Å². The molecule has 0 aromatic rings. The van der Waals surface area contributed by atoms with E-state index in [9.17, 15) is 19.2 Å². The number of hydrogen-bond acceptors (Lipinski definition) is 10. The molecule has 14 nitrogen and oxygen atoms in total. The highest BCUT2D eigenvalue weighted by atomic mass is 16.6. The highest BCUT2D eigenvalue weighted by Crippen LogP contribution is 2.09. The van der Waals surface area contributed by atoms with Crippen LogP contribution in [0.3, 0.4) is 0 Å². The van der Waals surface area contributed by atoms with Crippen LogP contribution in [0.5, 0.6) is 0 Å². The Morgan fingerprint density at radius 1 is 0.633 bits per heavy atom. The maximum atomic E-state index is 12.2. The minimum absolute atomic E-state index is 0.111. The van der Waals surface area contributed by atoms with Gasteiger partial charge in [0.15, 0.2) is 0 Å². The van der Waals surface area contributed by atoms with E-state index < -0.39 is 24.4 Å². The molecule has 2 N–H and O–H groups in total. The van der Waals surface area contributed by atoms with E-state index >= 15 is 0 Å². The van der Waals surface area contributed by atoms with Crippen molar-refractivity contribution in [2.45, 2.75) is 27.7 Å². The third-order valence-electron chi connectivity index (χ3n) is 3.62. The predicted octanol–water partition coefficient (Wildman–Crippen LogP) is 0.673. The third-order valence-corrected chi connectivity index (χ3v) is 3.62. The van der Waals surface area contributed by atoms with Gasteiger partial charge >= 0.3 is 24.4 Å². The van der Waals surface area contributed by atoms with Gasteiger partial charge in [0.2, 0.25) is 0 Å². The summed E-state index contributed by atoms with van der Waals surface area (Å²) < 4.78 is 19.5. The fourth-order valence-electron chi connectivity index (χ4n) is 2.42. The van der Waals surface area contributed by atoms with Crippen molar-refractivity contribution in [3.63, 3.8) is 0 Å². The molecule has 0 saturated carbocycles. The summed E-state index contributed by atoms with van der Waals surface area (Å²) in [5, 5.41) is 4.87. The summed E-state index contributed by atoms with van der Waals surface area (Å²) in [6.07, 6.45) is -3.20. The summed E-state index contributed by atoms with van der Waals surface area (Å²) in [6.45, 7) is 7.82. The topological polar surface area (TPSA) is 142 Å². The molecule has 1 heterocycles. The summed E-state index contributed by atoms with van der Waals surface area (Å²) in [5.41, 5.74) is 4.64. The standard InChI is InChI=1S/C16H30N6O8/c1-5-27-13(23)17-21(15(25)29-7-3)19-9-11-20(12-10-19)22(16(26)30-8-4)18-14(24)28-6-2/h5-12H2,1-4H3,(H,17,23)(H,18,24). The van der Waals surface area contributed by atoms with Crippen molar-refractivity contribution in [2.75, 3.05) is 52.6 Å². The van der Waals surface area contributed by atoms with Crippen LogP contribution in [-0.4, -0.2) is 97.2 Å². The van der Waals surface area contributed by atoms with Gasteiger partial charge in [-0.25, -0.2) is 30.0 Å². The number of carbonyl (C=O) groups is 4. The molecule has 0 aromatic heterocycles. The minimum atomic E-state index is -0.815. The van der Waals surface area contributed by atoms with Gasteiger partial charge in [-0.2, -0.15) is 10.0 Å². The van der Waals surface area contributed by atoms with Gasteiger partial charge in [0.05, 0.1) is 26.4 Å². The number of nitrogens with zero attached hydrogens (tertiary/aromatic N) is 4. The first-order valence-electron chi connectivity index (χ1n) is 9.68. The van der Waals surface area contributed by atoms with Crippen LogP contribution in [0, 0.1) is 0 Å². The molecule has 0 atom stereocenters. The molecule has 1 saturated heterocycles. The minimum Gasteiger partial charge on any atom is -0.449 e. The number of piperazine rings is 1. The molecular weight excluding hydrogens is 404 g/mol. The number of nitrogens with one attached hydrogen (secondary N) is 2.